The Labute approximate surface area is 149 Å². The Hall–Kier alpha value is -3.45. The Kier molecular flexibility index (Phi) is 3.98. The van der Waals surface area contributed by atoms with Crippen molar-refractivity contribution in [1.82, 2.24) is 19.2 Å². The van der Waals surface area contributed by atoms with Crippen LogP contribution >= 0.6 is 0 Å². The van der Waals surface area contributed by atoms with Crippen LogP contribution in [0.5, 0.6) is 0 Å². The number of hydrogen-bond donors (Lipinski definition) is 2. The van der Waals surface area contributed by atoms with Crippen molar-refractivity contribution in [2.75, 3.05) is 5.73 Å². The predicted octanol–water partition coefficient (Wildman–Crippen LogP) is 1.68. The summed E-state index contributed by atoms with van der Waals surface area (Å²) >= 11 is 0. The number of nitrogens with zero attached hydrogens (tertiary/aromatic N) is 4. The number of nitrogen functional groups attached to an aromatic ring is 1. The molecular formula is C19H17N5O2. The Morgan fingerprint density at radius 2 is 1.77 bits per heavy atom. The van der Waals surface area contributed by atoms with E-state index in [1.165, 1.54) is 9.08 Å². The molecule has 0 aliphatic rings. The van der Waals surface area contributed by atoms with Gasteiger partial charge in [0, 0.05) is 11.6 Å². The number of aliphatic hydroxyl groups excluding tert-OH is 1. The molecule has 2 heterocycles. The number of nitrogens with two attached hydrogens (primary N) is 1. The average molecular weight is 347 g/mol. The van der Waals surface area contributed by atoms with Gasteiger partial charge in [-0.25, -0.2) is 18.9 Å². The van der Waals surface area contributed by atoms with Gasteiger partial charge in [0.05, 0.1) is 18.8 Å². The molecule has 4 aromatic rings. The van der Waals surface area contributed by atoms with Crippen LogP contribution in [0.3, 0.4) is 0 Å². The Bertz CT molecular complexity index is 1130. The highest BCUT2D eigenvalue weighted by atomic mass is 16.3. The van der Waals surface area contributed by atoms with Gasteiger partial charge in [0.2, 0.25) is 5.95 Å². The van der Waals surface area contributed by atoms with E-state index in [0.29, 0.717) is 17.9 Å². The Morgan fingerprint density at radius 1 is 1.00 bits per heavy atom. The molecule has 0 radical (unpaired) electrons. The summed E-state index contributed by atoms with van der Waals surface area (Å²) in [6.45, 7) is 0.298. The first kappa shape index (κ1) is 16.0. The third kappa shape index (κ3) is 2.84. The molecule has 7 heteroatoms. The summed E-state index contributed by atoms with van der Waals surface area (Å²) in [5.41, 5.74) is 9.27. The molecule has 2 aromatic heterocycles. The maximum atomic E-state index is 12.6. The summed E-state index contributed by atoms with van der Waals surface area (Å²) in [5.74, 6) is 0.0798. The quantitative estimate of drug-likeness (QED) is 0.585. The second-order valence-corrected chi connectivity index (χ2v) is 5.98. The van der Waals surface area contributed by atoms with Crippen molar-refractivity contribution in [3.63, 3.8) is 0 Å². The van der Waals surface area contributed by atoms with Crippen molar-refractivity contribution < 1.29 is 5.11 Å². The molecule has 2 aromatic carbocycles. The molecular weight excluding hydrogens is 330 g/mol. The van der Waals surface area contributed by atoms with E-state index in [1.807, 2.05) is 54.6 Å². The van der Waals surface area contributed by atoms with Crippen LogP contribution in [0.1, 0.15) is 11.1 Å². The second-order valence-electron chi connectivity index (χ2n) is 5.98. The summed E-state index contributed by atoms with van der Waals surface area (Å²) in [6, 6.07) is 18.7. The van der Waals surface area contributed by atoms with Crippen molar-refractivity contribution in [2.24, 2.45) is 0 Å². The molecule has 0 saturated carbocycles. The molecule has 0 fully saturated rings. The minimum atomic E-state index is -0.329. The summed E-state index contributed by atoms with van der Waals surface area (Å²) in [6.07, 6.45) is 0. The highest BCUT2D eigenvalue weighted by molar-refractivity contribution is 5.65. The number of hydrogen-bond acceptors (Lipinski definition) is 5. The number of aromatic nitrogens is 4. The van der Waals surface area contributed by atoms with Crippen LogP contribution in [0.2, 0.25) is 0 Å². The fourth-order valence-corrected chi connectivity index (χ4v) is 2.90. The van der Waals surface area contributed by atoms with Gasteiger partial charge in [-0.05, 0) is 17.2 Å². The lowest BCUT2D eigenvalue weighted by Gasteiger charge is -2.05. The largest absolute Gasteiger partial charge is 0.392 e. The van der Waals surface area contributed by atoms with Crippen LogP contribution < -0.4 is 11.4 Å². The number of aliphatic hydroxyl groups is 1. The van der Waals surface area contributed by atoms with E-state index >= 15 is 0 Å². The van der Waals surface area contributed by atoms with Gasteiger partial charge in [0.15, 0.2) is 5.65 Å². The number of fused-ring (bicyclic) bond motifs is 1. The first-order valence-electron chi connectivity index (χ1n) is 8.16. The van der Waals surface area contributed by atoms with Gasteiger partial charge in [0.1, 0.15) is 0 Å². The molecule has 0 saturated heterocycles. The van der Waals surface area contributed by atoms with Crippen molar-refractivity contribution in [3.8, 4) is 11.3 Å². The van der Waals surface area contributed by atoms with E-state index < -0.39 is 0 Å². The minimum Gasteiger partial charge on any atom is -0.392 e. The molecule has 3 N–H and O–H groups in total. The summed E-state index contributed by atoms with van der Waals surface area (Å²) < 4.78 is 2.67. The molecule has 4 rings (SSSR count). The molecule has 7 nitrogen and oxygen atoms in total. The molecule has 0 unspecified atom stereocenters. The van der Waals surface area contributed by atoms with E-state index in [0.717, 1.165) is 16.7 Å². The minimum absolute atomic E-state index is 0.0588. The smallest absolute Gasteiger partial charge is 0.353 e. The Balaban J connectivity index is 1.81. The standard InChI is InChI=1S/C19H17N5O2/c20-18-21-16(15-8-4-7-14(9-15)12-25)10-17-22-23(19(26)24(17)18)11-13-5-2-1-3-6-13/h1-10,25H,11-12H2,(H2,20,21). The monoisotopic (exact) mass is 347 g/mol. The first-order chi connectivity index (χ1) is 12.7. The van der Waals surface area contributed by atoms with Gasteiger partial charge in [0.25, 0.3) is 0 Å². The van der Waals surface area contributed by atoms with Crippen molar-refractivity contribution in [3.05, 3.63) is 82.3 Å². The maximum absolute atomic E-state index is 12.6. The van der Waals surface area contributed by atoms with E-state index in [2.05, 4.69) is 10.1 Å². The van der Waals surface area contributed by atoms with Gasteiger partial charge in [-0.3, -0.25) is 0 Å². The Morgan fingerprint density at radius 3 is 2.54 bits per heavy atom. The topological polar surface area (TPSA) is 98.4 Å². The van der Waals surface area contributed by atoms with Crippen LogP contribution in [-0.2, 0) is 13.2 Å². The van der Waals surface area contributed by atoms with Crippen molar-refractivity contribution in [1.29, 1.82) is 0 Å². The molecule has 0 spiro atoms. The fraction of sp³-hybridized carbons (Fsp3) is 0.105. The SMILES string of the molecule is Nc1nc(-c2cccc(CO)c2)cc2nn(Cc3ccccc3)c(=O)n12. The molecule has 0 bridgehead atoms. The summed E-state index contributed by atoms with van der Waals surface area (Å²) in [7, 11) is 0. The predicted molar refractivity (Wildman–Crippen MR) is 98.6 cm³/mol. The van der Waals surface area contributed by atoms with E-state index in [9.17, 15) is 9.90 Å². The van der Waals surface area contributed by atoms with Gasteiger partial charge >= 0.3 is 5.69 Å². The molecule has 130 valence electrons. The average Bonchev–Trinajstić information content (AvgIpc) is 2.98. The molecule has 0 amide bonds. The number of rotatable bonds is 4. The van der Waals surface area contributed by atoms with Gasteiger partial charge in [-0.2, -0.15) is 0 Å². The lowest BCUT2D eigenvalue weighted by atomic mass is 10.1. The van der Waals surface area contributed by atoms with E-state index in [1.54, 1.807) is 6.07 Å². The molecule has 26 heavy (non-hydrogen) atoms. The number of anilines is 1. The van der Waals surface area contributed by atoms with Crippen molar-refractivity contribution >= 4 is 11.6 Å². The van der Waals surface area contributed by atoms with Gasteiger partial charge in [-0.1, -0.05) is 48.5 Å². The lowest BCUT2D eigenvalue weighted by molar-refractivity contribution is 0.282. The van der Waals surface area contributed by atoms with Crippen LogP contribution in [-0.4, -0.2) is 24.3 Å². The summed E-state index contributed by atoms with van der Waals surface area (Å²) in [5, 5.41) is 13.7. The summed E-state index contributed by atoms with van der Waals surface area (Å²) in [4.78, 5) is 16.9. The zero-order chi connectivity index (χ0) is 18.1. The second kappa shape index (κ2) is 6.45. The van der Waals surface area contributed by atoms with Crippen LogP contribution in [0.15, 0.2) is 65.5 Å². The lowest BCUT2D eigenvalue weighted by Crippen LogP contribution is -2.23. The highest BCUT2D eigenvalue weighted by Gasteiger charge is 2.13. The number of benzene rings is 2. The highest BCUT2D eigenvalue weighted by Crippen LogP contribution is 2.21. The third-order valence-corrected chi connectivity index (χ3v) is 4.17. The van der Waals surface area contributed by atoms with E-state index in [4.69, 9.17) is 5.73 Å². The van der Waals surface area contributed by atoms with Crippen LogP contribution in [0.25, 0.3) is 16.9 Å². The van der Waals surface area contributed by atoms with Gasteiger partial charge < -0.3 is 10.8 Å². The molecule has 0 aliphatic heterocycles. The van der Waals surface area contributed by atoms with Crippen LogP contribution in [0, 0.1) is 0 Å². The zero-order valence-corrected chi connectivity index (χ0v) is 13.9. The first-order valence-corrected chi connectivity index (χ1v) is 8.16. The van der Waals surface area contributed by atoms with Gasteiger partial charge in [-0.15, -0.1) is 5.10 Å². The maximum Gasteiger partial charge on any atom is 0.353 e. The molecule has 0 atom stereocenters. The van der Waals surface area contributed by atoms with E-state index in [-0.39, 0.29) is 18.2 Å². The zero-order valence-electron chi connectivity index (χ0n) is 13.9. The van der Waals surface area contributed by atoms with Crippen molar-refractivity contribution in [2.45, 2.75) is 13.2 Å². The normalized spacial score (nSPS) is 11.1. The van der Waals surface area contributed by atoms with Crippen LogP contribution in [0.4, 0.5) is 5.95 Å². The third-order valence-electron chi connectivity index (χ3n) is 4.17. The fourth-order valence-electron chi connectivity index (χ4n) is 2.90. The molecule has 0 aliphatic carbocycles.